The SMILES string of the molecule is CC1(C)C(N)NCCCc2ccc(NC(=O)c3ccc(F)cn3)cc2CS1(=O)=O. The van der Waals surface area contributed by atoms with Crippen LogP contribution in [0.2, 0.25) is 0 Å². The van der Waals surface area contributed by atoms with E-state index in [-0.39, 0.29) is 11.4 Å². The minimum Gasteiger partial charge on any atom is -0.321 e. The molecule has 4 N–H and O–H groups in total. The minimum atomic E-state index is -3.58. The van der Waals surface area contributed by atoms with E-state index in [1.165, 1.54) is 6.07 Å². The van der Waals surface area contributed by atoms with Crippen molar-refractivity contribution in [2.45, 2.75) is 43.4 Å². The molecule has 29 heavy (non-hydrogen) atoms. The van der Waals surface area contributed by atoms with Crippen molar-refractivity contribution in [2.75, 3.05) is 11.9 Å². The van der Waals surface area contributed by atoms with E-state index >= 15 is 0 Å². The number of rotatable bonds is 2. The molecule has 0 saturated carbocycles. The van der Waals surface area contributed by atoms with E-state index in [0.29, 0.717) is 24.2 Å². The Morgan fingerprint density at radius 1 is 1.28 bits per heavy atom. The van der Waals surface area contributed by atoms with Crippen molar-refractivity contribution in [3.8, 4) is 0 Å². The van der Waals surface area contributed by atoms with E-state index in [2.05, 4.69) is 15.6 Å². The number of aryl methyl sites for hydroxylation is 1. The Hall–Kier alpha value is -2.36. The van der Waals surface area contributed by atoms with Crippen molar-refractivity contribution in [1.82, 2.24) is 10.3 Å². The third-order valence-corrected chi connectivity index (χ3v) is 7.86. The fraction of sp³-hybridized carbons (Fsp3) is 0.400. The van der Waals surface area contributed by atoms with Crippen LogP contribution in [0.15, 0.2) is 36.5 Å². The van der Waals surface area contributed by atoms with Crippen LogP contribution >= 0.6 is 0 Å². The topological polar surface area (TPSA) is 114 Å². The molecule has 0 aliphatic carbocycles. The first kappa shape index (κ1) is 21.4. The van der Waals surface area contributed by atoms with Gasteiger partial charge in [0.2, 0.25) is 0 Å². The number of aromatic nitrogens is 1. The molecular formula is C20H25FN4O3S. The summed E-state index contributed by atoms with van der Waals surface area (Å²) < 4.78 is 37.9. The Bertz CT molecular complexity index is 1010. The lowest BCUT2D eigenvalue weighted by Crippen LogP contribution is -2.57. The molecule has 2 aromatic rings. The van der Waals surface area contributed by atoms with Crippen molar-refractivity contribution in [3.05, 3.63) is 59.2 Å². The summed E-state index contributed by atoms with van der Waals surface area (Å²) in [6.45, 7) is 3.84. The molecule has 1 aliphatic rings. The van der Waals surface area contributed by atoms with Crippen LogP contribution in [-0.4, -0.2) is 36.8 Å². The first-order valence-electron chi connectivity index (χ1n) is 9.36. The molecule has 1 aliphatic heterocycles. The molecule has 3 rings (SSSR count). The van der Waals surface area contributed by atoms with Gasteiger partial charge in [-0.25, -0.2) is 17.8 Å². The number of halogens is 1. The van der Waals surface area contributed by atoms with Crippen LogP contribution in [0.4, 0.5) is 10.1 Å². The van der Waals surface area contributed by atoms with Crippen LogP contribution in [0.25, 0.3) is 0 Å². The van der Waals surface area contributed by atoms with Gasteiger partial charge in [0, 0.05) is 5.69 Å². The van der Waals surface area contributed by atoms with Crippen LogP contribution in [0, 0.1) is 5.82 Å². The van der Waals surface area contributed by atoms with Crippen molar-refractivity contribution in [2.24, 2.45) is 5.73 Å². The highest BCUT2D eigenvalue weighted by Gasteiger charge is 2.40. The zero-order valence-corrected chi connectivity index (χ0v) is 17.2. The standard InChI is InChI=1S/C20H25FN4O3S/c1-20(2)19(22)23-9-3-4-13-5-7-16(10-14(13)12-29(20,27)28)25-18(26)17-8-6-15(21)11-24-17/h5-8,10-11,19,23H,3-4,9,12,22H2,1-2H3,(H,25,26). The first-order valence-corrected chi connectivity index (χ1v) is 11.0. The molecule has 156 valence electrons. The molecule has 7 nitrogen and oxygen atoms in total. The Kier molecular flexibility index (Phi) is 6.02. The van der Waals surface area contributed by atoms with Gasteiger partial charge in [0.15, 0.2) is 9.84 Å². The number of sulfone groups is 1. The predicted molar refractivity (Wildman–Crippen MR) is 110 cm³/mol. The summed E-state index contributed by atoms with van der Waals surface area (Å²) in [6, 6.07) is 7.66. The monoisotopic (exact) mass is 420 g/mol. The molecule has 9 heteroatoms. The smallest absolute Gasteiger partial charge is 0.274 e. The maximum Gasteiger partial charge on any atom is 0.274 e. The molecule has 1 amide bonds. The molecule has 0 bridgehead atoms. The van der Waals surface area contributed by atoms with E-state index in [1.807, 2.05) is 6.07 Å². The largest absolute Gasteiger partial charge is 0.321 e. The van der Waals surface area contributed by atoms with Crippen LogP contribution in [0.5, 0.6) is 0 Å². The second-order valence-electron chi connectivity index (χ2n) is 7.70. The average Bonchev–Trinajstić information content (AvgIpc) is 2.65. The van der Waals surface area contributed by atoms with E-state index in [0.717, 1.165) is 24.2 Å². The second-order valence-corrected chi connectivity index (χ2v) is 10.3. The normalized spacial score (nSPS) is 21.0. The number of hydrogen-bond donors (Lipinski definition) is 3. The fourth-order valence-corrected chi connectivity index (χ4v) is 4.67. The summed E-state index contributed by atoms with van der Waals surface area (Å²) in [5.41, 5.74) is 8.16. The zero-order chi connectivity index (χ0) is 21.2. The molecule has 1 unspecified atom stereocenters. The first-order chi connectivity index (χ1) is 13.6. The number of benzene rings is 1. The van der Waals surface area contributed by atoms with Gasteiger partial charge in [0.05, 0.1) is 22.9 Å². The molecule has 0 spiro atoms. The lowest BCUT2D eigenvalue weighted by Gasteiger charge is -2.33. The van der Waals surface area contributed by atoms with Gasteiger partial charge in [-0.3, -0.25) is 4.79 Å². The maximum atomic E-state index is 13.0. The second kappa shape index (κ2) is 8.17. The van der Waals surface area contributed by atoms with Crippen LogP contribution in [-0.2, 0) is 22.0 Å². The Morgan fingerprint density at radius 3 is 2.72 bits per heavy atom. The summed E-state index contributed by atoms with van der Waals surface area (Å²) in [6.07, 6.45) is 1.79. The summed E-state index contributed by atoms with van der Waals surface area (Å²) in [7, 11) is -3.58. The van der Waals surface area contributed by atoms with E-state index in [1.54, 1.807) is 26.0 Å². The Balaban J connectivity index is 1.90. The maximum absolute atomic E-state index is 13.0. The van der Waals surface area contributed by atoms with Crippen molar-refractivity contribution in [3.63, 3.8) is 0 Å². The van der Waals surface area contributed by atoms with Gasteiger partial charge in [-0.05, 0) is 68.6 Å². The summed E-state index contributed by atoms with van der Waals surface area (Å²) in [5.74, 6) is -1.21. The highest BCUT2D eigenvalue weighted by Crippen LogP contribution is 2.28. The third-order valence-electron chi connectivity index (χ3n) is 5.31. The highest BCUT2D eigenvalue weighted by molar-refractivity contribution is 7.92. The molecule has 0 fully saturated rings. The number of anilines is 1. The minimum absolute atomic E-state index is 0.0669. The Morgan fingerprint density at radius 2 is 2.03 bits per heavy atom. The lowest BCUT2D eigenvalue weighted by atomic mass is 10.0. The Labute approximate surface area is 169 Å². The number of carbonyl (C=O) groups excluding carboxylic acids is 1. The number of nitrogens with two attached hydrogens (primary N) is 1. The molecule has 2 heterocycles. The van der Waals surface area contributed by atoms with E-state index in [9.17, 15) is 17.6 Å². The summed E-state index contributed by atoms with van der Waals surface area (Å²) in [5, 5.41) is 5.79. The molecule has 1 aromatic carbocycles. The van der Waals surface area contributed by atoms with E-state index < -0.39 is 32.5 Å². The number of pyridine rings is 1. The van der Waals surface area contributed by atoms with Crippen LogP contribution in [0.1, 0.15) is 41.9 Å². The average molecular weight is 421 g/mol. The van der Waals surface area contributed by atoms with Crippen molar-refractivity contribution < 1.29 is 17.6 Å². The zero-order valence-electron chi connectivity index (χ0n) is 16.4. The third kappa shape index (κ3) is 4.63. The molecular weight excluding hydrogens is 395 g/mol. The highest BCUT2D eigenvalue weighted by atomic mass is 32.2. The van der Waals surface area contributed by atoms with Gasteiger partial charge in [-0.15, -0.1) is 0 Å². The van der Waals surface area contributed by atoms with Crippen molar-refractivity contribution in [1.29, 1.82) is 0 Å². The number of carbonyl (C=O) groups is 1. The quantitative estimate of drug-likeness (QED) is 0.685. The molecule has 1 atom stereocenters. The molecule has 1 aromatic heterocycles. The fourth-order valence-electron chi connectivity index (χ4n) is 3.15. The van der Waals surface area contributed by atoms with Gasteiger partial charge in [-0.1, -0.05) is 6.07 Å². The number of nitrogens with zero attached hydrogens (tertiary/aromatic N) is 1. The number of fused-ring (bicyclic) bond motifs is 1. The predicted octanol–water partition coefficient (Wildman–Crippen LogP) is 1.99. The molecule has 0 saturated heterocycles. The van der Waals surface area contributed by atoms with Crippen LogP contribution in [0.3, 0.4) is 0 Å². The van der Waals surface area contributed by atoms with Gasteiger partial charge in [0.25, 0.3) is 5.91 Å². The van der Waals surface area contributed by atoms with Crippen LogP contribution < -0.4 is 16.4 Å². The van der Waals surface area contributed by atoms with Gasteiger partial charge < -0.3 is 16.4 Å². The summed E-state index contributed by atoms with van der Waals surface area (Å²) >= 11 is 0. The number of nitrogens with one attached hydrogen (secondary N) is 2. The van der Waals surface area contributed by atoms with Crippen molar-refractivity contribution >= 4 is 21.4 Å². The van der Waals surface area contributed by atoms with Gasteiger partial charge in [0.1, 0.15) is 11.5 Å². The molecule has 0 radical (unpaired) electrons. The van der Waals surface area contributed by atoms with Gasteiger partial charge in [-0.2, -0.15) is 0 Å². The lowest BCUT2D eigenvalue weighted by molar-refractivity contribution is 0.102. The van der Waals surface area contributed by atoms with E-state index in [4.69, 9.17) is 5.73 Å². The summed E-state index contributed by atoms with van der Waals surface area (Å²) in [4.78, 5) is 16.1. The van der Waals surface area contributed by atoms with Gasteiger partial charge >= 0.3 is 0 Å². The number of hydrogen-bond acceptors (Lipinski definition) is 6. The number of amides is 1.